The molecule has 0 fully saturated rings. The Kier molecular flexibility index (Phi) is 4.06. The highest BCUT2D eigenvalue weighted by Crippen LogP contribution is 2.31. The molecular weight excluding hydrogens is 290 g/mol. The third kappa shape index (κ3) is 3.26. The number of rotatable bonds is 4. The van der Waals surface area contributed by atoms with Gasteiger partial charge in [-0.1, -0.05) is 0 Å². The molecule has 0 unspecified atom stereocenters. The van der Waals surface area contributed by atoms with Gasteiger partial charge in [-0.3, -0.25) is 0 Å². The number of nitrogen functional groups attached to an aromatic ring is 1. The summed E-state index contributed by atoms with van der Waals surface area (Å²) in [6.07, 6.45) is 0. The van der Waals surface area contributed by atoms with Gasteiger partial charge in [0, 0.05) is 12.7 Å². The van der Waals surface area contributed by atoms with E-state index in [-0.39, 0.29) is 4.90 Å². The minimum absolute atomic E-state index is 0.00752. The van der Waals surface area contributed by atoms with Crippen LogP contribution in [0.4, 0.5) is 17.1 Å². The Morgan fingerprint density at radius 3 is 2.19 bits per heavy atom. The minimum Gasteiger partial charge on any atom is -0.497 e. The Morgan fingerprint density at radius 2 is 1.71 bits per heavy atom. The molecule has 112 valence electrons. The fourth-order valence-corrected chi connectivity index (χ4v) is 2.51. The molecule has 0 aliphatic rings. The molecule has 0 spiro atoms. The van der Waals surface area contributed by atoms with Gasteiger partial charge in [0.05, 0.1) is 23.4 Å². The van der Waals surface area contributed by atoms with Crippen molar-refractivity contribution in [2.24, 2.45) is 5.14 Å². The van der Waals surface area contributed by atoms with Gasteiger partial charge in [0.1, 0.15) is 5.75 Å². The molecule has 21 heavy (non-hydrogen) atoms. The summed E-state index contributed by atoms with van der Waals surface area (Å²) in [4.78, 5) is 1.84. The molecular formula is C14H17N3O3S. The van der Waals surface area contributed by atoms with E-state index in [1.54, 1.807) is 13.2 Å². The topological polar surface area (TPSA) is 98.6 Å². The molecule has 2 aromatic carbocycles. The largest absolute Gasteiger partial charge is 0.497 e. The number of methoxy groups -OCH3 is 1. The summed E-state index contributed by atoms with van der Waals surface area (Å²) < 4.78 is 27.7. The monoisotopic (exact) mass is 307 g/mol. The number of benzene rings is 2. The van der Waals surface area contributed by atoms with Crippen molar-refractivity contribution in [3.8, 4) is 5.75 Å². The van der Waals surface area contributed by atoms with E-state index in [0.29, 0.717) is 11.4 Å². The first kappa shape index (κ1) is 15.1. The van der Waals surface area contributed by atoms with Gasteiger partial charge >= 0.3 is 0 Å². The van der Waals surface area contributed by atoms with Crippen molar-refractivity contribution in [3.63, 3.8) is 0 Å². The number of sulfonamides is 1. The Bertz CT molecular complexity index is 743. The molecule has 0 saturated carbocycles. The van der Waals surface area contributed by atoms with E-state index < -0.39 is 10.0 Å². The molecule has 0 radical (unpaired) electrons. The van der Waals surface area contributed by atoms with E-state index in [9.17, 15) is 8.42 Å². The molecule has 0 bridgehead atoms. The molecule has 0 aromatic heterocycles. The number of hydrogen-bond donors (Lipinski definition) is 2. The van der Waals surface area contributed by atoms with Crippen molar-refractivity contribution in [1.29, 1.82) is 0 Å². The van der Waals surface area contributed by atoms with Gasteiger partial charge in [0.25, 0.3) is 0 Å². The molecule has 0 aliphatic heterocycles. The van der Waals surface area contributed by atoms with Crippen LogP contribution in [0.5, 0.6) is 5.75 Å². The number of ether oxygens (including phenoxy) is 1. The van der Waals surface area contributed by atoms with Crippen LogP contribution in [0.1, 0.15) is 0 Å². The molecule has 2 rings (SSSR count). The second-order valence-corrected chi connectivity index (χ2v) is 6.08. The summed E-state index contributed by atoms with van der Waals surface area (Å²) in [7, 11) is -0.319. The maximum atomic E-state index is 11.3. The Morgan fingerprint density at radius 1 is 1.10 bits per heavy atom. The summed E-state index contributed by atoms with van der Waals surface area (Å²) in [5.41, 5.74) is 7.84. The van der Waals surface area contributed by atoms with E-state index >= 15 is 0 Å². The van der Waals surface area contributed by atoms with E-state index in [0.717, 1.165) is 11.4 Å². The second kappa shape index (κ2) is 5.63. The molecule has 6 nitrogen and oxygen atoms in total. The standard InChI is InChI=1S/C14H17N3O3S/c1-17(10-3-5-11(20-2)6-4-10)14-8-7-12(9-13(14)15)21(16,18)19/h3-9H,15H2,1-2H3,(H2,16,18,19). The number of nitrogens with two attached hydrogens (primary N) is 2. The van der Waals surface area contributed by atoms with Crippen molar-refractivity contribution >= 4 is 27.1 Å². The van der Waals surface area contributed by atoms with Gasteiger partial charge < -0.3 is 15.4 Å². The van der Waals surface area contributed by atoms with Crippen LogP contribution < -0.4 is 20.5 Å². The quantitative estimate of drug-likeness (QED) is 0.838. The highest BCUT2D eigenvalue weighted by molar-refractivity contribution is 7.89. The van der Waals surface area contributed by atoms with Gasteiger partial charge in [-0.15, -0.1) is 0 Å². The van der Waals surface area contributed by atoms with Crippen LogP contribution in [0.3, 0.4) is 0 Å². The zero-order valence-corrected chi connectivity index (χ0v) is 12.6. The maximum absolute atomic E-state index is 11.3. The summed E-state index contributed by atoms with van der Waals surface area (Å²) >= 11 is 0. The Hall–Kier alpha value is -2.25. The minimum atomic E-state index is -3.76. The molecule has 0 aliphatic carbocycles. The van der Waals surface area contributed by atoms with Crippen LogP contribution in [0.15, 0.2) is 47.4 Å². The number of anilines is 3. The van der Waals surface area contributed by atoms with Gasteiger partial charge in [-0.2, -0.15) is 0 Å². The SMILES string of the molecule is COc1ccc(N(C)c2ccc(S(N)(=O)=O)cc2N)cc1. The van der Waals surface area contributed by atoms with Gasteiger partial charge in [0.2, 0.25) is 10.0 Å². The van der Waals surface area contributed by atoms with Crippen molar-refractivity contribution in [3.05, 3.63) is 42.5 Å². The van der Waals surface area contributed by atoms with E-state index in [4.69, 9.17) is 15.6 Å². The highest BCUT2D eigenvalue weighted by atomic mass is 32.2. The third-order valence-corrected chi connectivity index (χ3v) is 4.06. The zero-order chi connectivity index (χ0) is 15.6. The van der Waals surface area contributed by atoms with Crippen molar-refractivity contribution in [1.82, 2.24) is 0 Å². The zero-order valence-electron chi connectivity index (χ0n) is 11.8. The summed E-state index contributed by atoms with van der Waals surface area (Å²) in [6, 6.07) is 11.8. The molecule has 0 saturated heterocycles. The van der Waals surface area contributed by atoms with Gasteiger partial charge in [0.15, 0.2) is 0 Å². The Labute approximate surface area is 124 Å². The molecule has 0 heterocycles. The lowest BCUT2D eigenvalue weighted by Crippen LogP contribution is -2.15. The third-order valence-electron chi connectivity index (χ3n) is 3.15. The maximum Gasteiger partial charge on any atom is 0.238 e. The predicted molar refractivity (Wildman–Crippen MR) is 83.3 cm³/mol. The summed E-state index contributed by atoms with van der Waals surface area (Å²) in [6.45, 7) is 0. The van der Waals surface area contributed by atoms with Crippen LogP contribution in [0, 0.1) is 0 Å². The van der Waals surface area contributed by atoms with Crippen LogP contribution in [-0.2, 0) is 10.0 Å². The first-order chi connectivity index (χ1) is 9.82. The number of nitrogens with zero attached hydrogens (tertiary/aromatic N) is 1. The van der Waals surface area contributed by atoms with Crippen molar-refractivity contribution in [2.45, 2.75) is 4.90 Å². The van der Waals surface area contributed by atoms with Gasteiger partial charge in [-0.05, 0) is 42.5 Å². The molecule has 0 amide bonds. The molecule has 7 heteroatoms. The summed E-state index contributed by atoms with van der Waals surface area (Å²) in [5, 5.41) is 5.08. The fraction of sp³-hybridized carbons (Fsp3) is 0.143. The van der Waals surface area contributed by atoms with E-state index in [1.165, 1.54) is 12.1 Å². The van der Waals surface area contributed by atoms with Crippen LogP contribution in [0.25, 0.3) is 0 Å². The smallest absolute Gasteiger partial charge is 0.238 e. The number of primary sulfonamides is 1. The second-order valence-electron chi connectivity index (χ2n) is 4.52. The molecule has 4 N–H and O–H groups in total. The van der Waals surface area contributed by atoms with E-state index in [1.807, 2.05) is 36.2 Å². The van der Waals surface area contributed by atoms with Crippen molar-refractivity contribution < 1.29 is 13.2 Å². The predicted octanol–water partition coefficient (Wildman–Crippen LogP) is 1.69. The first-order valence-electron chi connectivity index (χ1n) is 6.13. The lowest BCUT2D eigenvalue weighted by atomic mass is 10.2. The average Bonchev–Trinajstić information content (AvgIpc) is 2.45. The lowest BCUT2D eigenvalue weighted by molar-refractivity contribution is 0.415. The summed E-state index contributed by atoms with van der Waals surface area (Å²) in [5.74, 6) is 0.754. The normalized spacial score (nSPS) is 11.2. The molecule has 0 atom stereocenters. The highest BCUT2D eigenvalue weighted by Gasteiger charge is 2.13. The van der Waals surface area contributed by atoms with Crippen molar-refractivity contribution in [2.75, 3.05) is 24.8 Å². The number of hydrogen-bond acceptors (Lipinski definition) is 5. The fourth-order valence-electron chi connectivity index (χ4n) is 1.96. The Balaban J connectivity index is 2.36. The lowest BCUT2D eigenvalue weighted by Gasteiger charge is -2.21. The first-order valence-corrected chi connectivity index (χ1v) is 7.67. The van der Waals surface area contributed by atoms with Gasteiger partial charge in [-0.25, -0.2) is 13.6 Å². The van der Waals surface area contributed by atoms with Crippen LogP contribution in [0.2, 0.25) is 0 Å². The average molecular weight is 307 g/mol. The van der Waals surface area contributed by atoms with Crippen LogP contribution >= 0.6 is 0 Å². The van der Waals surface area contributed by atoms with Crippen LogP contribution in [-0.4, -0.2) is 22.6 Å². The van der Waals surface area contributed by atoms with E-state index in [2.05, 4.69) is 0 Å². The molecule has 2 aromatic rings.